The third-order valence-corrected chi connectivity index (χ3v) is 4.20. The maximum Gasteiger partial charge on any atom is 0.305 e. The lowest BCUT2D eigenvalue weighted by molar-refractivity contribution is -0.140. The summed E-state index contributed by atoms with van der Waals surface area (Å²) in [6.07, 6.45) is 2.84. The molecule has 0 aliphatic heterocycles. The van der Waals surface area contributed by atoms with Gasteiger partial charge in [-0.3, -0.25) is 9.59 Å². The molecule has 1 amide bonds. The summed E-state index contributed by atoms with van der Waals surface area (Å²) < 4.78 is 0. The topological polar surface area (TPSA) is 92.4 Å². The molecular formula is C16H22N2O3. The number of carbonyl (C=O) groups excluding carboxylic acids is 1. The summed E-state index contributed by atoms with van der Waals surface area (Å²) in [4.78, 5) is 23.1. The minimum atomic E-state index is -0.860. The van der Waals surface area contributed by atoms with E-state index >= 15 is 0 Å². The smallest absolute Gasteiger partial charge is 0.305 e. The van der Waals surface area contributed by atoms with Gasteiger partial charge in [-0.15, -0.1) is 0 Å². The van der Waals surface area contributed by atoms with Crippen molar-refractivity contribution in [2.45, 2.75) is 50.5 Å². The molecule has 0 saturated heterocycles. The quantitative estimate of drug-likeness (QED) is 0.701. The molecule has 1 aromatic carbocycles. The Balaban J connectivity index is 1.91. The predicted molar refractivity (Wildman–Crippen MR) is 80.9 cm³/mol. The summed E-state index contributed by atoms with van der Waals surface area (Å²) >= 11 is 0. The van der Waals surface area contributed by atoms with Gasteiger partial charge in [-0.05, 0) is 42.9 Å². The first kappa shape index (κ1) is 15.4. The first-order chi connectivity index (χ1) is 9.90. The van der Waals surface area contributed by atoms with Crippen LogP contribution < -0.4 is 11.1 Å². The van der Waals surface area contributed by atoms with Crippen LogP contribution in [0.25, 0.3) is 0 Å². The zero-order valence-electron chi connectivity index (χ0n) is 12.3. The van der Waals surface area contributed by atoms with Crippen LogP contribution >= 0.6 is 0 Å². The van der Waals surface area contributed by atoms with E-state index in [9.17, 15) is 9.59 Å². The summed E-state index contributed by atoms with van der Waals surface area (Å²) in [5.74, 6) is -0.866. The minimum Gasteiger partial charge on any atom is -0.481 e. The van der Waals surface area contributed by atoms with E-state index in [2.05, 4.69) is 5.32 Å². The van der Waals surface area contributed by atoms with Crippen molar-refractivity contribution in [3.63, 3.8) is 0 Å². The highest BCUT2D eigenvalue weighted by Gasteiger charge is 2.40. The van der Waals surface area contributed by atoms with Crippen LogP contribution in [0, 0.1) is 0 Å². The molecule has 1 unspecified atom stereocenters. The molecule has 1 aliphatic carbocycles. The monoisotopic (exact) mass is 290 g/mol. The number of carbonyl (C=O) groups is 2. The molecule has 21 heavy (non-hydrogen) atoms. The highest BCUT2D eigenvalue weighted by atomic mass is 16.4. The Morgan fingerprint density at radius 2 is 1.95 bits per heavy atom. The molecule has 1 saturated carbocycles. The molecule has 1 aliphatic rings. The molecule has 0 radical (unpaired) electrons. The third-order valence-electron chi connectivity index (χ3n) is 4.20. The summed E-state index contributed by atoms with van der Waals surface area (Å²) in [5, 5.41) is 11.9. The Hall–Kier alpha value is -2.04. The Kier molecular flexibility index (Phi) is 4.50. The van der Waals surface area contributed by atoms with E-state index in [0.29, 0.717) is 12.1 Å². The van der Waals surface area contributed by atoms with Crippen molar-refractivity contribution >= 4 is 17.6 Å². The normalized spacial score (nSPS) is 17.6. The number of carboxylic acid groups (broad SMARTS) is 1. The van der Waals surface area contributed by atoms with Gasteiger partial charge in [0.15, 0.2) is 0 Å². The van der Waals surface area contributed by atoms with Gasteiger partial charge in [0.1, 0.15) is 0 Å². The number of rotatable bonds is 6. The van der Waals surface area contributed by atoms with Crippen LogP contribution in [0.5, 0.6) is 0 Å². The fraction of sp³-hybridized carbons (Fsp3) is 0.500. The lowest BCUT2D eigenvalue weighted by Gasteiger charge is -2.41. The minimum absolute atomic E-state index is 0.00892. The van der Waals surface area contributed by atoms with Crippen LogP contribution in [0.2, 0.25) is 0 Å². The van der Waals surface area contributed by atoms with Crippen molar-refractivity contribution < 1.29 is 14.7 Å². The number of anilines is 1. The van der Waals surface area contributed by atoms with Gasteiger partial charge in [-0.1, -0.05) is 19.1 Å². The Bertz CT molecular complexity index is 521. The van der Waals surface area contributed by atoms with E-state index in [4.69, 9.17) is 10.8 Å². The van der Waals surface area contributed by atoms with Crippen LogP contribution in [-0.4, -0.2) is 22.5 Å². The van der Waals surface area contributed by atoms with Gasteiger partial charge in [0.2, 0.25) is 5.91 Å². The van der Waals surface area contributed by atoms with Crippen LogP contribution in [0.1, 0.15) is 50.5 Å². The van der Waals surface area contributed by atoms with Gasteiger partial charge in [0.25, 0.3) is 0 Å². The number of nitrogens with two attached hydrogens (primary N) is 1. The summed E-state index contributed by atoms with van der Waals surface area (Å²) in [6, 6.07) is 7.48. The van der Waals surface area contributed by atoms with Gasteiger partial charge in [-0.2, -0.15) is 0 Å². The molecule has 4 N–H and O–H groups in total. The van der Waals surface area contributed by atoms with Crippen molar-refractivity contribution in [1.82, 2.24) is 5.32 Å². The van der Waals surface area contributed by atoms with Gasteiger partial charge >= 0.3 is 5.97 Å². The van der Waals surface area contributed by atoms with Crippen molar-refractivity contribution in [2.24, 2.45) is 0 Å². The largest absolute Gasteiger partial charge is 0.481 e. The van der Waals surface area contributed by atoms with Gasteiger partial charge < -0.3 is 16.2 Å². The fourth-order valence-electron chi connectivity index (χ4n) is 2.81. The zero-order chi connectivity index (χ0) is 15.5. The Labute approximate surface area is 124 Å². The number of nitrogen functional groups attached to an aromatic ring is 1. The molecule has 0 spiro atoms. The molecule has 1 atom stereocenters. The summed E-state index contributed by atoms with van der Waals surface area (Å²) in [7, 11) is 0. The number of hydrogen-bond acceptors (Lipinski definition) is 3. The second-order valence-corrected chi connectivity index (χ2v) is 6.02. The number of aliphatic carboxylic acids is 1. The summed E-state index contributed by atoms with van der Waals surface area (Å²) in [5.41, 5.74) is 6.88. The van der Waals surface area contributed by atoms with E-state index in [1.165, 1.54) is 0 Å². The molecule has 2 rings (SSSR count). The highest BCUT2D eigenvalue weighted by molar-refractivity contribution is 5.79. The maximum atomic E-state index is 12.2. The van der Waals surface area contributed by atoms with Gasteiger partial charge in [0, 0.05) is 12.1 Å². The Morgan fingerprint density at radius 3 is 2.43 bits per heavy atom. The van der Waals surface area contributed by atoms with E-state index < -0.39 is 11.5 Å². The SMILES string of the molecule is CC(CC(=O)NC1(CC(=O)O)CCC1)c1ccc(N)cc1. The average molecular weight is 290 g/mol. The fourth-order valence-corrected chi connectivity index (χ4v) is 2.81. The molecule has 0 heterocycles. The summed E-state index contributed by atoms with van der Waals surface area (Å²) in [6.45, 7) is 1.98. The highest BCUT2D eigenvalue weighted by Crippen LogP contribution is 2.35. The zero-order valence-corrected chi connectivity index (χ0v) is 12.3. The average Bonchev–Trinajstić information content (AvgIpc) is 2.36. The molecular weight excluding hydrogens is 268 g/mol. The van der Waals surface area contributed by atoms with Crippen molar-refractivity contribution in [2.75, 3.05) is 5.73 Å². The second kappa shape index (κ2) is 6.16. The lowest BCUT2D eigenvalue weighted by Crippen LogP contribution is -2.54. The van der Waals surface area contributed by atoms with E-state index in [1.807, 2.05) is 31.2 Å². The lowest BCUT2D eigenvalue weighted by atomic mass is 9.74. The Morgan fingerprint density at radius 1 is 1.33 bits per heavy atom. The first-order valence-corrected chi connectivity index (χ1v) is 7.28. The van der Waals surface area contributed by atoms with Crippen LogP contribution in [-0.2, 0) is 9.59 Å². The molecule has 0 aromatic heterocycles. The molecule has 1 fully saturated rings. The van der Waals surface area contributed by atoms with Crippen LogP contribution in [0.4, 0.5) is 5.69 Å². The van der Waals surface area contributed by atoms with Crippen molar-refractivity contribution in [3.8, 4) is 0 Å². The predicted octanol–water partition coefficient (Wildman–Crippen LogP) is 2.28. The number of amides is 1. The van der Waals surface area contributed by atoms with E-state index in [1.54, 1.807) is 0 Å². The molecule has 1 aromatic rings. The van der Waals surface area contributed by atoms with Crippen molar-refractivity contribution in [1.29, 1.82) is 0 Å². The standard InChI is InChI=1S/C16H22N2O3/c1-11(12-3-5-13(17)6-4-12)9-14(19)18-16(7-2-8-16)10-15(20)21/h3-6,11H,2,7-10,17H2,1H3,(H,18,19)(H,20,21). The van der Waals surface area contributed by atoms with Gasteiger partial charge in [-0.25, -0.2) is 0 Å². The number of benzene rings is 1. The number of carboxylic acids is 1. The molecule has 0 bridgehead atoms. The molecule has 114 valence electrons. The van der Waals surface area contributed by atoms with E-state index in [0.717, 1.165) is 24.8 Å². The van der Waals surface area contributed by atoms with Crippen molar-refractivity contribution in [3.05, 3.63) is 29.8 Å². The second-order valence-electron chi connectivity index (χ2n) is 6.02. The number of hydrogen-bond donors (Lipinski definition) is 3. The third kappa shape index (κ3) is 3.97. The first-order valence-electron chi connectivity index (χ1n) is 7.28. The van der Waals surface area contributed by atoms with Crippen LogP contribution in [0.15, 0.2) is 24.3 Å². The molecule has 5 nitrogen and oxygen atoms in total. The number of nitrogens with one attached hydrogen (secondary N) is 1. The van der Waals surface area contributed by atoms with Gasteiger partial charge in [0.05, 0.1) is 12.0 Å². The van der Waals surface area contributed by atoms with E-state index in [-0.39, 0.29) is 18.2 Å². The maximum absolute atomic E-state index is 12.2. The molecule has 5 heteroatoms. The van der Waals surface area contributed by atoms with Crippen LogP contribution in [0.3, 0.4) is 0 Å².